The van der Waals surface area contributed by atoms with Gasteiger partial charge in [0.15, 0.2) is 0 Å². The maximum Gasteiger partial charge on any atom is 0.260 e. The quantitative estimate of drug-likeness (QED) is 0.262. The lowest BCUT2D eigenvalue weighted by Crippen LogP contribution is -2.29. The van der Waals surface area contributed by atoms with Gasteiger partial charge in [-0.05, 0) is 70.4 Å². The Hall–Kier alpha value is -3.76. The Bertz CT molecular complexity index is 1820. The minimum Gasteiger partial charge on any atom is -0.377 e. The molecule has 11 heteroatoms. The Morgan fingerprint density at radius 2 is 1.98 bits per heavy atom. The van der Waals surface area contributed by atoms with E-state index in [9.17, 15) is 4.79 Å². The summed E-state index contributed by atoms with van der Waals surface area (Å²) in [6, 6.07) is 8.34. The smallest absolute Gasteiger partial charge is 0.260 e. The Kier molecular flexibility index (Phi) is 7.07. The summed E-state index contributed by atoms with van der Waals surface area (Å²) in [5.74, 6) is 0.486. The maximum atomic E-state index is 14.0. The number of likely N-dealkylation sites (tertiary alicyclic amines) is 1. The molecule has 5 aromatic rings. The van der Waals surface area contributed by atoms with E-state index >= 15 is 0 Å². The van der Waals surface area contributed by atoms with Crippen molar-refractivity contribution in [2.75, 3.05) is 18.4 Å². The third-order valence-electron chi connectivity index (χ3n) is 8.18. The van der Waals surface area contributed by atoms with Crippen LogP contribution in [0.5, 0.6) is 0 Å². The fourth-order valence-electron chi connectivity index (χ4n) is 6.15. The summed E-state index contributed by atoms with van der Waals surface area (Å²) in [7, 11) is 1.82. The predicted octanol–water partition coefficient (Wildman–Crippen LogP) is 5.35. The van der Waals surface area contributed by atoms with E-state index in [4.69, 9.17) is 16.7 Å². The van der Waals surface area contributed by atoms with E-state index < -0.39 is 0 Å². The predicted molar refractivity (Wildman–Crippen MR) is 164 cm³/mol. The molecule has 4 aromatic heterocycles. The number of hydrogen-bond acceptors (Lipinski definition) is 7. The molecule has 1 N–H and O–H groups in total. The Morgan fingerprint density at radius 3 is 2.66 bits per heavy atom. The van der Waals surface area contributed by atoms with Crippen molar-refractivity contribution in [3.05, 3.63) is 63.4 Å². The highest BCUT2D eigenvalue weighted by molar-refractivity contribution is 6.29. The molecule has 2 atom stereocenters. The van der Waals surface area contributed by atoms with Gasteiger partial charge in [-0.25, -0.2) is 14.6 Å². The summed E-state index contributed by atoms with van der Waals surface area (Å²) in [6.07, 6.45) is 4.59. The summed E-state index contributed by atoms with van der Waals surface area (Å²) in [6.45, 7) is 13.1. The van der Waals surface area contributed by atoms with Crippen LogP contribution in [0.3, 0.4) is 0 Å². The van der Waals surface area contributed by atoms with Crippen LogP contribution in [0.1, 0.15) is 57.3 Å². The van der Waals surface area contributed by atoms with Crippen LogP contribution < -0.4 is 10.9 Å². The van der Waals surface area contributed by atoms with E-state index in [2.05, 4.69) is 56.8 Å². The van der Waals surface area contributed by atoms with Crippen LogP contribution in [0.15, 0.2) is 41.6 Å². The number of anilines is 1. The van der Waals surface area contributed by atoms with Gasteiger partial charge in [-0.3, -0.25) is 18.9 Å². The topological polar surface area (TPSA) is 98.7 Å². The number of benzene rings is 1. The highest BCUT2D eigenvalue weighted by Gasteiger charge is 2.29. The van der Waals surface area contributed by atoms with Gasteiger partial charge in [0.25, 0.3) is 5.56 Å². The number of pyridine rings is 2. The lowest BCUT2D eigenvalue weighted by atomic mass is 9.95. The third-order valence-corrected chi connectivity index (χ3v) is 8.39. The fraction of sp³-hybridized carbons (Fsp3) is 0.433. The summed E-state index contributed by atoms with van der Waals surface area (Å²) < 4.78 is 5.62. The van der Waals surface area contributed by atoms with Crippen LogP contribution in [-0.2, 0) is 13.6 Å². The molecule has 1 fully saturated rings. The van der Waals surface area contributed by atoms with E-state index in [1.54, 1.807) is 17.1 Å². The normalized spacial score (nSPS) is 16.8. The van der Waals surface area contributed by atoms with Crippen molar-refractivity contribution in [3.8, 4) is 11.5 Å². The number of aromatic nitrogens is 7. The number of rotatable bonds is 7. The number of aryl methyl sites for hydroxylation is 3. The number of halogens is 1. The van der Waals surface area contributed by atoms with Crippen LogP contribution in [-0.4, -0.2) is 58.1 Å². The minimum atomic E-state index is -0.172. The second-order valence-electron chi connectivity index (χ2n) is 11.3. The molecular weight excluding hydrogens is 538 g/mol. The molecule has 0 radical (unpaired) electrons. The van der Waals surface area contributed by atoms with Crippen LogP contribution in [0.4, 0.5) is 5.69 Å². The first-order chi connectivity index (χ1) is 19.7. The summed E-state index contributed by atoms with van der Waals surface area (Å²) in [5.41, 5.74) is 4.29. The molecule has 10 nitrogen and oxygen atoms in total. The molecule has 0 spiro atoms. The molecule has 0 saturated carbocycles. The van der Waals surface area contributed by atoms with E-state index in [1.165, 1.54) is 0 Å². The Labute approximate surface area is 244 Å². The van der Waals surface area contributed by atoms with Crippen LogP contribution >= 0.6 is 11.6 Å². The zero-order valence-corrected chi connectivity index (χ0v) is 25.1. The highest BCUT2D eigenvalue weighted by atomic mass is 35.5. The van der Waals surface area contributed by atoms with Gasteiger partial charge in [0, 0.05) is 54.9 Å². The van der Waals surface area contributed by atoms with Crippen LogP contribution in [0, 0.1) is 6.92 Å². The minimum absolute atomic E-state index is 0.0131. The monoisotopic (exact) mass is 573 g/mol. The zero-order valence-electron chi connectivity index (χ0n) is 24.4. The molecule has 1 aliphatic rings. The summed E-state index contributed by atoms with van der Waals surface area (Å²) in [4.78, 5) is 25.4. The largest absolute Gasteiger partial charge is 0.377 e. The van der Waals surface area contributed by atoms with Gasteiger partial charge in [-0.1, -0.05) is 17.7 Å². The van der Waals surface area contributed by atoms with Crippen molar-refractivity contribution in [2.45, 2.75) is 65.7 Å². The van der Waals surface area contributed by atoms with Gasteiger partial charge in [0.2, 0.25) is 5.82 Å². The molecule has 1 aromatic carbocycles. The first-order valence-corrected chi connectivity index (χ1v) is 14.6. The third kappa shape index (κ3) is 4.78. The second-order valence-corrected chi connectivity index (χ2v) is 11.7. The van der Waals surface area contributed by atoms with Gasteiger partial charge in [-0.2, -0.15) is 5.10 Å². The van der Waals surface area contributed by atoms with Crippen molar-refractivity contribution in [1.82, 2.24) is 39.0 Å². The first kappa shape index (κ1) is 27.4. The number of hydrogen-bond donors (Lipinski definition) is 1. The molecule has 0 aliphatic carbocycles. The van der Waals surface area contributed by atoms with E-state index in [-0.39, 0.29) is 17.6 Å². The lowest BCUT2D eigenvalue weighted by Gasteiger charge is -2.22. The molecule has 1 aliphatic heterocycles. The molecule has 6 rings (SSSR count). The maximum absolute atomic E-state index is 14.0. The molecule has 1 saturated heterocycles. The van der Waals surface area contributed by atoms with Crippen LogP contribution in [0.2, 0.25) is 5.15 Å². The summed E-state index contributed by atoms with van der Waals surface area (Å²) >= 11 is 6.27. The summed E-state index contributed by atoms with van der Waals surface area (Å²) in [5, 5.41) is 16.0. The number of fused-ring (bicyclic) bond motifs is 3. The van der Waals surface area contributed by atoms with Gasteiger partial charge in [0.1, 0.15) is 22.8 Å². The molecule has 2 unspecified atom stereocenters. The van der Waals surface area contributed by atoms with Crippen molar-refractivity contribution in [1.29, 1.82) is 0 Å². The van der Waals surface area contributed by atoms with Gasteiger partial charge >= 0.3 is 0 Å². The molecule has 41 heavy (non-hydrogen) atoms. The second kappa shape index (κ2) is 10.6. The van der Waals surface area contributed by atoms with Crippen molar-refractivity contribution in [3.63, 3.8) is 0 Å². The SMILES string of the molecule is CCn1c(=O)c2cc(C)cc(C(C)Nc3ccc(Cl)nc3-c3ncn(C)n3)c2c2cnn(C3CCN(C(C)C)C3)c21. The highest BCUT2D eigenvalue weighted by Crippen LogP contribution is 2.36. The number of nitrogens with zero attached hydrogens (tertiary/aromatic N) is 8. The fourth-order valence-corrected chi connectivity index (χ4v) is 6.29. The molecule has 5 heterocycles. The molecular formula is C30H36ClN9O. The Morgan fingerprint density at radius 1 is 1.17 bits per heavy atom. The molecule has 0 amide bonds. The van der Waals surface area contributed by atoms with E-state index in [0.29, 0.717) is 34.6 Å². The van der Waals surface area contributed by atoms with Crippen molar-refractivity contribution < 1.29 is 0 Å². The lowest BCUT2D eigenvalue weighted by molar-refractivity contribution is 0.263. The average molecular weight is 574 g/mol. The number of nitrogens with one attached hydrogen (secondary N) is 1. The molecule has 0 bridgehead atoms. The van der Waals surface area contributed by atoms with Gasteiger partial charge in [0.05, 0.1) is 17.9 Å². The van der Waals surface area contributed by atoms with Crippen molar-refractivity contribution in [2.24, 2.45) is 7.05 Å². The van der Waals surface area contributed by atoms with E-state index in [0.717, 1.165) is 52.7 Å². The molecule has 214 valence electrons. The average Bonchev–Trinajstić information content (AvgIpc) is 3.69. The van der Waals surface area contributed by atoms with Gasteiger partial charge in [-0.15, -0.1) is 5.10 Å². The Balaban J connectivity index is 1.50. The van der Waals surface area contributed by atoms with Crippen LogP contribution in [0.25, 0.3) is 33.3 Å². The van der Waals surface area contributed by atoms with E-state index in [1.807, 2.05) is 43.8 Å². The van der Waals surface area contributed by atoms with Gasteiger partial charge < -0.3 is 5.32 Å². The standard InChI is InChI=1S/C30H36ClN9O/c1-7-39-29-23(14-33-40(29)20-10-11-38(15-20)17(2)3)26-21(12-18(4)13-22(26)30(39)41)19(5)34-24-8-9-25(31)35-27(24)28-32-16-37(6)36-28/h8-9,12-14,16-17,19-20,34H,7,10-11,15H2,1-6H3. The first-order valence-electron chi connectivity index (χ1n) is 14.2. The van der Waals surface area contributed by atoms with Crippen molar-refractivity contribution >= 4 is 39.1 Å². The zero-order chi connectivity index (χ0) is 29.0.